The van der Waals surface area contributed by atoms with E-state index in [9.17, 15) is 5.11 Å². The lowest BCUT2D eigenvalue weighted by Crippen LogP contribution is -2.17. The van der Waals surface area contributed by atoms with Crippen LogP contribution in [0.2, 0.25) is 0 Å². The summed E-state index contributed by atoms with van der Waals surface area (Å²) in [6.07, 6.45) is -0.467. The summed E-state index contributed by atoms with van der Waals surface area (Å²) in [5, 5.41) is 14.4. The Bertz CT molecular complexity index is 543. The maximum atomic E-state index is 10.2. The smallest absolute Gasteiger partial charge is 0.0937 e. The number of nitrogens with one attached hydrogen (secondary N) is 2. The van der Waals surface area contributed by atoms with E-state index in [-0.39, 0.29) is 0 Å². The molecule has 18 heavy (non-hydrogen) atoms. The number of aliphatic hydroxyl groups is 1. The van der Waals surface area contributed by atoms with Gasteiger partial charge >= 0.3 is 0 Å². The fraction of sp³-hybridized carbons (Fsp3) is 0.467. The molecule has 1 aromatic carbocycles. The first kappa shape index (κ1) is 13.1. The number of likely N-dealkylation sites (N-methyl/N-ethyl adjacent to an activating group) is 1. The molecule has 0 aliphatic carbocycles. The van der Waals surface area contributed by atoms with Gasteiger partial charge in [0.15, 0.2) is 0 Å². The number of hydrogen-bond donors (Lipinski definition) is 3. The fourth-order valence-electron chi connectivity index (χ4n) is 2.45. The summed E-state index contributed by atoms with van der Waals surface area (Å²) in [4.78, 5) is 3.34. The van der Waals surface area contributed by atoms with Gasteiger partial charge in [0.1, 0.15) is 0 Å². The van der Waals surface area contributed by atoms with Crippen molar-refractivity contribution in [2.75, 3.05) is 13.6 Å². The molecular formula is C15H22N2O. The third-order valence-corrected chi connectivity index (χ3v) is 3.46. The van der Waals surface area contributed by atoms with Gasteiger partial charge in [-0.15, -0.1) is 0 Å². The van der Waals surface area contributed by atoms with Crippen LogP contribution in [0.3, 0.4) is 0 Å². The Morgan fingerprint density at radius 3 is 2.67 bits per heavy atom. The van der Waals surface area contributed by atoms with Gasteiger partial charge in [-0.2, -0.15) is 0 Å². The van der Waals surface area contributed by atoms with E-state index in [2.05, 4.69) is 42.3 Å². The number of rotatable bonds is 4. The first-order valence-corrected chi connectivity index (χ1v) is 6.49. The Hall–Kier alpha value is -1.32. The van der Waals surface area contributed by atoms with E-state index in [0.717, 1.165) is 22.2 Å². The lowest BCUT2D eigenvalue weighted by molar-refractivity contribution is 0.178. The molecule has 3 nitrogen and oxygen atoms in total. The Morgan fingerprint density at radius 2 is 2.06 bits per heavy atom. The normalized spacial score (nSPS) is 13.4. The second-order valence-corrected chi connectivity index (χ2v) is 5.20. The number of aromatic nitrogens is 1. The molecule has 98 valence electrons. The minimum absolute atomic E-state index is 0.467. The van der Waals surface area contributed by atoms with Gasteiger partial charge < -0.3 is 15.4 Å². The summed E-state index contributed by atoms with van der Waals surface area (Å²) in [6.45, 7) is 6.96. The molecular weight excluding hydrogens is 224 g/mol. The number of benzene rings is 1. The third-order valence-electron chi connectivity index (χ3n) is 3.46. The van der Waals surface area contributed by atoms with Crippen molar-refractivity contribution >= 4 is 10.9 Å². The molecule has 1 aromatic heterocycles. The van der Waals surface area contributed by atoms with Gasteiger partial charge in [0.05, 0.1) is 6.10 Å². The Labute approximate surface area is 108 Å². The van der Waals surface area contributed by atoms with E-state index in [4.69, 9.17) is 0 Å². The molecule has 3 N–H and O–H groups in total. The summed E-state index contributed by atoms with van der Waals surface area (Å²) < 4.78 is 0. The predicted octanol–water partition coefficient (Wildman–Crippen LogP) is 2.85. The standard InChI is InChI=1S/C15H22N2O/c1-9(2)11-5-6-13-12(7-11)15(10(3)17-13)14(18)8-16-4/h5-7,9,14,16-18H,8H2,1-4H3. The zero-order valence-electron chi connectivity index (χ0n) is 11.5. The van der Waals surface area contributed by atoms with Gasteiger partial charge in [0.25, 0.3) is 0 Å². The highest BCUT2D eigenvalue weighted by Crippen LogP contribution is 2.30. The second-order valence-electron chi connectivity index (χ2n) is 5.20. The Kier molecular flexibility index (Phi) is 3.73. The molecule has 0 bridgehead atoms. The van der Waals surface area contributed by atoms with E-state index in [1.807, 2.05) is 14.0 Å². The van der Waals surface area contributed by atoms with Crippen LogP contribution in [0, 0.1) is 6.92 Å². The average molecular weight is 246 g/mol. The molecule has 0 saturated carbocycles. The van der Waals surface area contributed by atoms with Crippen molar-refractivity contribution in [1.82, 2.24) is 10.3 Å². The van der Waals surface area contributed by atoms with Crippen LogP contribution in [0.1, 0.15) is 42.7 Å². The van der Waals surface area contributed by atoms with Crippen molar-refractivity contribution in [3.05, 3.63) is 35.0 Å². The van der Waals surface area contributed by atoms with Crippen molar-refractivity contribution in [3.63, 3.8) is 0 Å². The van der Waals surface area contributed by atoms with Crippen molar-refractivity contribution in [2.45, 2.75) is 32.8 Å². The van der Waals surface area contributed by atoms with Crippen LogP contribution in [0.25, 0.3) is 10.9 Å². The molecule has 0 saturated heterocycles. The zero-order chi connectivity index (χ0) is 13.3. The second kappa shape index (κ2) is 5.12. The van der Waals surface area contributed by atoms with Crippen LogP contribution in [0.4, 0.5) is 0 Å². The average Bonchev–Trinajstić information content (AvgIpc) is 2.63. The molecule has 0 aliphatic heterocycles. The molecule has 0 amide bonds. The maximum Gasteiger partial charge on any atom is 0.0937 e. The SMILES string of the molecule is CNCC(O)c1c(C)[nH]c2ccc(C(C)C)cc12. The third kappa shape index (κ3) is 2.28. The first-order chi connectivity index (χ1) is 8.54. The summed E-state index contributed by atoms with van der Waals surface area (Å²) in [5.74, 6) is 0.499. The molecule has 2 aromatic rings. The van der Waals surface area contributed by atoms with Crippen molar-refractivity contribution in [2.24, 2.45) is 0 Å². The van der Waals surface area contributed by atoms with E-state index >= 15 is 0 Å². The van der Waals surface area contributed by atoms with Crippen LogP contribution < -0.4 is 5.32 Å². The molecule has 0 fully saturated rings. The molecule has 3 heteroatoms. The molecule has 1 atom stereocenters. The Balaban J connectivity index is 2.56. The monoisotopic (exact) mass is 246 g/mol. The highest BCUT2D eigenvalue weighted by atomic mass is 16.3. The lowest BCUT2D eigenvalue weighted by Gasteiger charge is -2.11. The van der Waals surface area contributed by atoms with E-state index in [1.165, 1.54) is 5.56 Å². The van der Waals surface area contributed by atoms with Gasteiger partial charge in [-0.1, -0.05) is 19.9 Å². The van der Waals surface area contributed by atoms with Crippen molar-refractivity contribution < 1.29 is 5.11 Å². The lowest BCUT2D eigenvalue weighted by atomic mass is 9.98. The first-order valence-electron chi connectivity index (χ1n) is 6.49. The minimum atomic E-state index is -0.467. The quantitative estimate of drug-likeness (QED) is 0.777. The van der Waals surface area contributed by atoms with Gasteiger partial charge in [0, 0.05) is 28.7 Å². The van der Waals surface area contributed by atoms with Crippen molar-refractivity contribution in [1.29, 1.82) is 0 Å². The summed E-state index contributed by atoms with van der Waals surface area (Å²) in [5.41, 5.74) is 4.47. The molecule has 1 unspecified atom stereocenters. The molecule has 0 aliphatic rings. The number of hydrogen-bond acceptors (Lipinski definition) is 2. The number of aliphatic hydroxyl groups excluding tert-OH is 1. The molecule has 1 heterocycles. The molecule has 0 radical (unpaired) electrons. The summed E-state index contributed by atoms with van der Waals surface area (Å²) in [6, 6.07) is 6.45. The minimum Gasteiger partial charge on any atom is -0.387 e. The van der Waals surface area contributed by atoms with E-state index in [0.29, 0.717) is 12.5 Å². The highest BCUT2D eigenvalue weighted by molar-refractivity contribution is 5.85. The largest absolute Gasteiger partial charge is 0.387 e. The van der Waals surface area contributed by atoms with E-state index in [1.54, 1.807) is 0 Å². The summed E-state index contributed by atoms with van der Waals surface area (Å²) in [7, 11) is 1.85. The van der Waals surface area contributed by atoms with Crippen LogP contribution >= 0.6 is 0 Å². The van der Waals surface area contributed by atoms with Crippen LogP contribution in [-0.2, 0) is 0 Å². The van der Waals surface area contributed by atoms with E-state index < -0.39 is 6.10 Å². The number of fused-ring (bicyclic) bond motifs is 1. The van der Waals surface area contributed by atoms with Crippen molar-refractivity contribution in [3.8, 4) is 0 Å². The van der Waals surface area contributed by atoms with Gasteiger partial charge in [-0.3, -0.25) is 0 Å². The molecule has 0 spiro atoms. The highest BCUT2D eigenvalue weighted by Gasteiger charge is 2.16. The number of H-pyrrole nitrogens is 1. The van der Waals surface area contributed by atoms with Crippen LogP contribution in [0.15, 0.2) is 18.2 Å². The maximum absolute atomic E-state index is 10.2. The fourth-order valence-corrected chi connectivity index (χ4v) is 2.45. The molecule has 2 rings (SSSR count). The van der Waals surface area contributed by atoms with Gasteiger partial charge in [-0.25, -0.2) is 0 Å². The summed E-state index contributed by atoms with van der Waals surface area (Å²) >= 11 is 0. The number of aryl methyl sites for hydroxylation is 1. The topological polar surface area (TPSA) is 48.0 Å². The van der Waals surface area contributed by atoms with Gasteiger partial charge in [-0.05, 0) is 37.6 Å². The van der Waals surface area contributed by atoms with Gasteiger partial charge in [0.2, 0.25) is 0 Å². The Morgan fingerprint density at radius 1 is 1.33 bits per heavy atom. The zero-order valence-corrected chi connectivity index (χ0v) is 11.5. The predicted molar refractivity (Wildman–Crippen MR) is 76.0 cm³/mol. The number of aromatic amines is 1. The van der Waals surface area contributed by atoms with Crippen LogP contribution in [0.5, 0.6) is 0 Å². The van der Waals surface area contributed by atoms with Crippen LogP contribution in [-0.4, -0.2) is 23.7 Å².